The third-order valence-electron chi connectivity index (χ3n) is 3.60. The standard InChI is InChI=1S/C14H26N6/c1-4-8-14(2,3)19-12-16-11(15)17-13(18-12)20-9-6-5-7-10-20/h4-10H2,1-3H3,(H3,15,16,17,18,19). The molecule has 1 saturated heterocycles. The summed E-state index contributed by atoms with van der Waals surface area (Å²) in [5, 5.41) is 3.37. The smallest absolute Gasteiger partial charge is 0.231 e. The lowest BCUT2D eigenvalue weighted by Gasteiger charge is -2.28. The Balaban J connectivity index is 2.15. The summed E-state index contributed by atoms with van der Waals surface area (Å²) in [5.74, 6) is 1.57. The molecule has 1 aromatic rings. The predicted molar refractivity (Wildman–Crippen MR) is 82.9 cm³/mol. The number of hydrogen-bond donors (Lipinski definition) is 2. The van der Waals surface area contributed by atoms with Crippen LogP contribution in [0.25, 0.3) is 0 Å². The Kier molecular flexibility index (Phi) is 4.62. The van der Waals surface area contributed by atoms with Crippen LogP contribution in [0.2, 0.25) is 0 Å². The van der Waals surface area contributed by atoms with Crippen LogP contribution in [-0.4, -0.2) is 33.6 Å². The summed E-state index contributed by atoms with van der Waals surface area (Å²) in [7, 11) is 0. The lowest BCUT2D eigenvalue weighted by molar-refractivity contribution is 0.506. The van der Waals surface area contributed by atoms with E-state index >= 15 is 0 Å². The largest absolute Gasteiger partial charge is 0.368 e. The molecule has 112 valence electrons. The van der Waals surface area contributed by atoms with Gasteiger partial charge in [-0.25, -0.2) is 0 Å². The number of rotatable bonds is 5. The van der Waals surface area contributed by atoms with E-state index in [0.717, 1.165) is 25.9 Å². The van der Waals surface area contributed by atoms with Gasteiger partial charge in [0.2, 0.25) is 17.8 Å². The normalized spacial score (nSPS) is 16.2. The predicted octanol–water partition coefficient (Wildman–Crippen LogP) is 2.43. The Morgan fingerprint density at radius 3 is 2.50 bits per heavy atom. The first-order chi connectivity index (χ1) is 9.50. The number of aromatic nitrogens is 3. The first kappa shape index (κ1) is 14.8. The van der Waals surface area contributed by atoms with Gasteiger partial charge in [0.25, 0.3) is 0 Å². The van der Waals surface area contributed by atoms with Gasteiger partial charge in [0.05, 0.1) is 0 Å². The van der Waals surface area contributed by atoms with Crippen LogP contribution in [0.4, 0.5) is 17.8 Å². The van der Waals surface area contributed by atoms with Gasteiger partial charge in [-0.2, -0.15) is 15.0 Å². The topological polar surface area (TPSA) is 80.0 Å². The molecule has 0 aromatic carbocycles. The molecule has 1 aliphatic heterocycles. The summed E-state index contributed by atoms with van der Waals surface area (Å²) in [6.07, 6.45) is 5.83. The number of hydrogen-bond acceptors (Lipinski definition) is 6. The van der Waals surface area contributed by atoms with Gasteiger partial charge in [-0.1, -0.05) is 13.3 Å². The van der Waals surface area contributed by atoms with Gasteiger partial charge in [-0.3, -0.25) is 0 Å². The fourth-order valence-electron chi connectivity index (χ4n) is 2.66. The van der Waals surface area contributed by atoms with E-state index in [1.165, 1.54) is 19.3 Å². The van der Waals surface area contributed by atoms with Crippen LogP contribution in [-0.2, 0) is 0 Å². The summed E-state index contributed by atoms with van der Waals surface area (Å²) >= 11 is 0. The number of anilines is 3. The molecule has 6 heteroatoms. The zero-order valence-corrected chi connectivity index (χ0v) is 12.8. The van der Waals surface area contributed by atoms with Crippen molar-refractivity contribution in [3.8, 4) is 0 Å². The van der Waals surface area contributed by atoms with Crippen molar-refractivity contribution in [3.05, 3.63) is 0 Å². The van der Waals surface area contributed by atoms with Gasteiger partial charge >= 0.3 is 0 Å². The zero-order chi connectivity index (χ0) is 14.6. The molecule has 0 amide bonds. The lowest BCUT2D eigenvalue weighted by Crippen LogP contribution is -2.34. The van der Waals surface area contributed by atoms with Gasteiger partial charge in [-0.05, 0) is 39.5 Å². The van der Waals surface area contributed by atoms with Gasteiger partial charge < -0.3 is 16.0 Å². The van der Waals surface area contributed by atoms with Crippen LogP contribution in [0.3, 0.4) is 0 Å². The number of nitrogen functional groups attached to an aromatic ring is 1. The molecular weight excluding hydrogens is 252 g/mol. The van der Waals surface area contributed by atoms with Crippen LogP contribution in [0.15, 0.2) is 0 Å². The van der Waals surface area contributed by atoms with Crippen LogP contribution < -0.4 is 16.0 Å². The fraction of sp³-hybridized carbons (Fsp3) is 0.786. The highest BCUT2D eigenvalue weighted by molar-refractivity contribution is 5.43. The molecule has 0 unspecified atom stereocenters. The van der Waals surface area contributed by atoms with Gasteiger partial charge in [0, 0.05) is 18.6 Å². The molecule has 0 aliphatic carbocycles. The molecule has 0 saturated carbocycles. The number of piperidine rings is 1. The third kappa shape index (κ3) is 3.95. The van der Waals surface area contributed by atoms with E-state index in [0.29, 0.717) is 11.9 Å². The average Bonchev–Trinajstić information content (AvgIpc) is 2.38. The van der Waals surface area contributed by atoms with E-state index in [2.05, 4.69) is 45.9 Å². The Bertz CT molecular complexity index is 439. The zero-order valence-electron chi connectivity index (χ0n) is 12.8. The summed E-state index contributed by atoms with van der Waals surface area (Å²) in [4.78, 5) is 15.2. The molecule has 2 rings (SSSR count). The Morgan fingerprint density at radius 1 is 1.15 bits per heavy atom. The SMILES string of the molecule is CCCC(C)(C)Nc1nc(N)nc(N2CCCCC2)n1. The van der Waals surface area contributed by atoms with Crippen LogP contribution in [0, 0.1) is 0 Å². The lowest BCUT2D eigenvalue weighted by atomic mass is 9.99. The van der Waals surface area contributed by atoms with Gasteiger partial charge in [0.1, 0.15) is 0 Å². The fourth-order valence-corrected chi connectivity index (χ4v) is 2.66. The molecule has 2 heterocycles. The van der Waals surface area contributed by atoms with E-state index in [1.54, 1.807) is 0 Å². The molecule has 1 fully saturated rings. The Hall–Kier alpha value is -1.59. The second-order valence-electron chi connectivity index (χ2n) is 6.12. The molecule has 0 atom stereocenters. The number of nitrogens with zero attached hydrogens (tertiary/aromatic N) is 4. The van der Waals surface area contributed by atoms with Crippen LogP contribution >= 0.6 is 0 Å². The molecular formula is C14H26N6. The van der Waals surface area contributed by atoms with Crippen molar-refractivity contribution in [2.75, 3.05) is 29.0 Å². The monoisotopic (exact) mass is 278 g/mol. The average molecular weight is 278 g/mol. The molecule has 0 bridgehead atoms. The van der Waals surface area contributed by atoms with Crippen molar-refractivity contribution >= 4 is 17.8 Å². The first-order valence-electron chi connectivity index (χ1n) is 7.55. The van der Waals surface area contributed by atoms with Crippen molar-refractivity contribution in [2.24, 2.45) is 0 Å². The van der Waals surface area contributed by atoms with E-state index in [9.17, 15) is 0 Å². The number of nitrogens with two attached hydrogens (primary N) is 1. The van der Waals surface area contributed by atoms with E-state index in [1.807, 2.05) is 0 Å². The van der Waals surface area contributed by atoms with Crippen molar-refractivity contribution in [2.45, 2.75) is 58.4 Å². The second-order valence-corrected chi connectivity index (χ2v) is 6.12. The highest BCUT2D eigenvalue weighted by atomic mass is 15.3. The maximum absolute atomic E-state index is 5.83. The summed E-state index contributed by atoms with van der Waals surface area (Å²) in [5.41, 5.74) is 5.79. The molecule has 20 heavy (non-hydrogen) atoms. The van der Waals surface area contributed by atoms with Crippen molar-refractivity contribution < 1.29 is 0 Å². The molecule has 0 spiro atoms. The van der Waals surface area contributed by atoms with Gasteiger partial charge in [0.15, 0.2) is 0 Å². The van der Waals surface area contributed by atoms with E-state index < -0.39 is 0 Å². The van der Waals surface area contributed by atoms with E-state index in [-0.39, 0.29) is 11.5 Å². The molecule has 0 radical (unpaired) electrons. The maximum Gasteiger partial charge on any atom is 0.231 e. The molecule has 1 aromatic heterocycles. The minimum atomic E-state index is -0.0400. The minimum Gasteiger partial charge on any atom is -0.368 e. The Morgan fingerprint density at radius 2 is 1.85 bits per heavy atom. The Labute approximate surface area is 121 Å². The second kappa shape index (κ2) is 6.24. The highest BCUT2D eigenvalue weighted by Gasteiger charge is 2.20. The minimum absolute atomic E-state index is 0.0400. The highest BCUT2D eigenvalue weighted by Crippen LogP contribution is 2.21. The van der Waals surface area contributed by atoms with Crippen molar-refractivity contribution in [1.82, 2.24) is 15.0 Å². The quantitative estimate of drug-likeness (QED) is 0.861. The van der Waals surface area contributed by atoms with Gasteiger partial charge in [-0.15, -0.1) is 0 Å². The first-order valence-corrected chi connectivity index (χ1v) is 7.55. The third-order valence-corrected chi connectivity index (χ3v) is 3.60. The maximum atomic E-state index is 5.83. The van der Waals surface area contributed by atoms with Crippen LogP contribution in [0.5, 0.6) is 0 Å². The van der Waals surface area contributed by atoms with E-state index in [4.69, 9.17) is 5.73 Å². The summed E-state index contributed by atoms with van der Waals surface area (Å²) in [6.45, 7) is 8.47. The molecule has 1 aliphatic rings. The summed E-state index contributed by atoms with van der Waals surface area (Å²) < 4.78 is 0. The molecule has 3 N–H and O–H groups in total. The van der Waals surface area contributed by atoms with Crippen molar-refractivity contribution in [1.29, 1.82) is 0 Å². The molecule has 6 nitrogen and oxygen atoms in total. The number of nitrogens with one attached hydrogen (secondary N) is 1. The summed E-state index contributed by atoms with van der Waals surface area (Å²) in [6, 6.07) is 0. The van der Waals surface area contributed by atoms with Crippen molar-refractivity contribution in [3.63, 3.8) is 0 Å². The van der Waals surface area contributed by atoms with Crippen LogP contribution in [0.1, 0.15) is 52.9 Å².